The van der Waals surface area contributed by atoms with E-state index in [-0.39, 0.29) is 0 Å². The number of nitrogens with one attached hydrogen (secondary N) is 1. The van der Waals surface area contributed by atoms with Gasteiger partial charge in [0.05, 0.1) is 5.69 Å². The summed E-state index contributed by atoms with van der Waals surface area (Å²) >= 11 is 1.98. The SMILES string of the molecule is CCSCCCNCc1cc(C)on1. The van der Waals surface area contributed by atoms with Crippen LogP contribution in [0, 0.1) is 6.92 Å². The van der Waals surface area contributed by atoms with Gasteiger partial charge in [0.1, 0.15) is 5.76 Å². The van der Waals surface area contributed by atoms with Gasteiger partial charge in [0, 0.05) is 12.6 Å². The molecule has 1 aromatic rings. The van der Waals surface area contributed by atoms with Crippen molar-refractivity contribution >= 4 is 11.8 Å². The van der Waals surface area contributed by atoms with E-state index in [2.05, 4.69) is 17.4 Å². The van der Waals surface area contributed by atoms with E-state index in [4.69, 9.17) is 4.52 Å². The zero-order chi connectivity index (χ0) is 10.2. The van der Waals surface area contributed by atoms with E-state index in [0.29, 0.717) is 0 Å². The Labute approximate surface area is 89.6 Å². The molecule has 0 radical (unpaired) electrons. The first kappa shape index (κ1) is 11.6. The minimum absolute atomic E-state index is 0.814. The molecule has 4 heteroatoms. The molecule has 0 aliphatic carbocycles. The van der Waals surface area contributed by atoms with Crippen LogP contribution in [0.25, 0.3) is 0 Å². The Bertz CT molecular complexity index is 250. The fourth-order valence-corrected chi connectivity index (χ4v) is 1.80. The second-order valence-corrected chi connectivity index (χ2v) is 4.55. The van der Waals surface area contributed by atoms with Gasteiger partial charge in [0.25, 0.3) is 0 Å². The van der Waals surface area contributed by atoms with Gasteiger partial charge in [-0.3, -0.25) is 0 Å². The van der Waals surface area contributed by atoms with E-state index in [1.807, 2.05) is 24.8 Å². The molecule has 0 unspecified atom stereocenters. The van der Waals surface area contributed by atoms with Crippen LogP contribution in [0.5, 0.6) is 0 Å². The van der Waals surface area contributed by atoms with Gasteiger partial charge in [0.2, 0.25) is 0 Å². The predicted octanol–water partition coefficient (Wildman–Crippen LogP) is 2.22. The van der Waals surface area contributed by atoms with Crippen LogP contribution in [0.3, 0.4) is 0 Å². The quantitative estimate of drug-likeness (QED) is 0.706. The molecule has 0 amide bonds. The standard InChI is InChI=1S/C10H18N2OS/c1-3-14-6-4-5-11-8-10-7-9(2)13-12-10/h7,11H,3-6,8H2,1-2H3. The lowest BCUT2D eigenvalue weighted by Crippen LogP contribution is -2.15. The van der Waals surface area contributed by atoms with E-state index in [9.17, 15) is 0 Å². The van der Waals surface area contributed by atoms with Gasteiger partial charge in [0.15, 0.2) is 0 Å². The summed E-state index contributed by atoms with van der Waals surface area (Å²) in [7, 11) is 0. The summed E-state index contributed by atoms with van der Waals surface area (Å²) in [5.74, 6) is 3.33. The van der Waals surface area contributed by atoms with Crippen molar-refractivity contribution in [3.63, 3.8) is 0 Å². The molecule has 0 aliphatic rings. The first-order valence-corrected chi connectivity index (χ1v) is 6.19. The molecule has 0 fully saturated rings. The van der Waals surface area contributed by atoms with Gasteiger partial charge in [-0.2, -0.15) is 11.8 Å². The number of hydrogen-bond donors (Lipinski definition) is 1. The molecule has 3 nitrogen and oxygen atoms in total. The molecule has 0 aromatic carbocycles. The topological polar surface area (TPSA) is 38.1 Å². The van der Waals surface area contributed by atoms with Crippen molar-refractivity contribution in [3.05, 3.63) is 17.5 Å². The molecular weight excluding hydrogens is 196 g/mol. The number of thioether (sulfide) groups is 1. The van der Waals surface area contributed by atoms with Crippen LogP contribution in [0.2, 0.25) is 0 Å². The summed E-state index contributed by atoms with van der Waals surface area (Å²) in [4.78, 5) is 0. The van der Waals surface area contributed by atoms with E-state index in [1.54, 1.807) is 0 Å². The molecule has 0 aliphatic heterocycles. The second kappa shape index (κ2) is 6.90. The minimum atomic E-state index is 0.814. The number of nitrogens with zero attached hydrogens (tertiary/aromatic N) is 1. The first-order chi connectivity index (χ1) is 6.83. The molecule has 80 valence electrons. The van der Waals surface area contributed by atoms with Crippen LogP contribution < -0.4 is 5.32 Å². The normalized spacial score (nSPS) is 10.7. The van der Waals surface area contributed by atoms with Gasteiger partial charge in [-0.05, 0) is 31.4 Å². The van der Waals surface area contributed by atoms with Gasteiger partial charge < -0.3 is 9.84 Å². The van der Waals surface area contributed by atoms with Gasteiger partial charge in [-0.25, -0.2) is 0 Å². The molecule has 0 bridgehead atoms. The third kappa shape index (κ3) is 4.67. The molecular formula is C10H18N2OS. The number of hydrogen-bond acceptors (Lipinski definition) is 4. The highest BCUT2D eigenvalue weighted by molar-refractivity contribution is 7.99. The lowest BCUT2D eigenvalue weighted by atomic mass is 10.3. The Morgan fingerprint density at radius 2 is 2.43 bits per heavy atom. The Morgan fingerprint density at radius 3 is 3.07 bits per heavy atom. The molecule has 0 spiro atoms. The van der Waals surface area contributed by atoms with Crippen molar-refractivity contribution in [2.75, 3.05) is 18.1 Å². The monoisotopic (exact) mass is 214 g/mol. The molecule has 0 atom stereocenters. The van der Waals surface area contributed by atoms with E-state index in [0.717, 1.165) is 24.5 Å². The molecule has 14 heavy (non-hydrogen) atoms. The fourth-order valence-electron chi connectivity index (χ4n) is 1.16. The van der Waals surface area contributed by atoms with Crippen LogP contribution in [0.4, 0.5) is 0 Å². The van der Waals surface area contributed by atoms with Crippen LogP contribution >= 0.6 is 11.8 Å². The average molecular weight is 214 g/mol. The van der Waals surface area contributed by atoms with Crippen molar-refractivity contribution < 1.29 is 4.52 Å². The predicted molar refractivity (Wildman–Crippen MR) is 60.6 cm³/mol. The minimum Gasteiger partial charge on any atom is -0.361 e. The summed E-state index contributed by atoms with van der Waals surface area (Å²) in [5, 5.41) is 7.25. The zero-order valence-corrected chi connectivity index (χ0v) is 9.69. The second-order valence-electron chi connectivity index (χ2n) is 3.16. The fraction of sp³-hybridized carbons (Fsp3) is 0.700. The highest BCUT2D eigenvalue weighted by atomic mass is 32.2. The Hall–Kier alpha value is -0.480. The van der Waals surface area contributed by atoms with Crippen molar-refractivity contribution in [2.45, 2.75) is 26.8 Å². The smallest absolute Gasteiger partial charge is 0.133 e. The highest BCUT2D eigenvalue weighted by Crippen LogP contribution is 2.02. The Balaban J connectivity index is 1.99. The largest absolute Gasteiger partial charge is 0.361 e. The maximum Gasteiger partial charge on any atom is 0.133 e. The number of rotatable bonds is 7. The van der Waals surface area contributed by atoms with Gasteiger partial charge in [-0.1, -0.05) is 12.1 Å². The van der Waals surface area contributed by atoms with E-state index < -0.39 is 0 Å². The van der Waals surface area contributed by atoms with Crippen LogP contribution in [0.1, 0.15) is 24.8 Å². The number of aryl methyl sites for hydroxylation is 1. The molecule has 1 heterocycles. The average Bonchev–Trinajstić information content (AvgIpc) is 2.58. The van der Waals surface area contributed by atoms with E-state index in [1.165, 1.54) is 17.9 Å². The van der Waals surface area contributed by atoms with Crippen LogP contribution in [-0.4, -0.2) is 23.2 Å². The van der Waals surface area contributed by atoms with Crippen molar-refractivity contribution in [1.82, 2.24) is 10.5 Å². The van der Waals surface area contributed by atoms with Crippen molar-refractivity contribution in [3.8, 4) is 0 Å². The summed E-state index contributed by atoms with van der Waals surface area (Å²) in [6.07, 6.45) is 1.22. The lowest BCUT2D eigenvalue weighted by Gasteiger charge is -2.00. The molecule has 0 saturated carbocycles. The molecule has 1 aromatic heterocycles. The van der Waals surface area contributed by atoms with Crippen molar-refractivity contribution in [2.24, 2.45) is 0 Å². The zero-order valence-electron chi connectivity index (χ0n) is 8.88. The molecule has 0 saturated heterocycles. The summed E-state index contributed by atoms with van der Waals surface area (Å²) in [5.41, 5.74) is 0.991. The van der Waals surface area contributed by atoms with E-state index >= 15 is 0 Å². The Kier molecular flexibility index (Phi) is 5.71. The van der Waals surface area contributed by atoms with Crippen molar-refractivity contribution in [1.29, 1.82) is 0 Å². The summed E-state index contributed by atoms with van der Waals surface area (Å²) in [6.45, 7) is 5.97. The summed E-state index contributed by atoms with van der Waals surface area (Å²) < 4.78 is 4.97. The maximum atomic E-state index is 4.97. The summed E-state index contributed by atoms with van der Waals surface area (Å²) in [6, 6.07) is 1.97. The van der Waals surface area contributed by atoms with Crippen LogP contribution in [-0.2, 0) is 6.54 Å². The van der Waals surface area contributed by atoms with Crippen LogP contribution in [0.15, 0.2) is 10.6 Å². The van der Waals surface area contributed by atoms with Gasteiger partial charge >= 0.3 is 0 Å². The molecule has 1 N–H and O–H groups in total. The lowest BCUT2D eigenvalue weighted by molar-refractivity contribution is 0.388. The Morgan fingerprint density at radius 1 is 1.57 bits per heavy atom. The third-order valence-electron chi connectivity index (χ3n) is 1.83. The maximum absolute atomic E-state index is 4.97. The van der Waals surface area contributed by atoms with Gasteiger partial charge in [-0.15, -0.1) is 0 Å². The molecule has 1 rings (SSSR count). The number of aromatic nitrogens is 1. The third-order valence-corrected chi connectivity index (χ3v) is 2.81. The highest BCUT2D eigenvalue weighted by Gasteiger charge is 1.98. The first-order valence-electron chi connectivity index (χ1n) is 5.03.